The number of likely N-dealkylation sites (tertiary alicyclic amines) is 1. The minimum absolute atomic E-state index is 0.000337. The molecule has 0 spiro atoms. The van der Waals surface area contributed by atoms with Gasteiger partial charge in [0, 0.05) is 10.0 Å². The molecular weight excluding hydrogens is 264 g/mol. The Morgan fingerprint density at radius 1 is 1.25 bits per heavy atom. The lowest BCUT2D eigenvalue weighted by Gasteiger charge is -2.37. The molecule has 0 atom stereocenters. The molecule has 3 heteroatoms. The first-order valence-electron chi connectivity index (χ1n) is 5.79. The van der Waals surface area contributed by atoms with Crippen molar-refractivity contribution in [2.75, 3.05) is 20.1 Å². The second-order valence-corrected chi connectivity index (χ2v) is 5.88. The third-order valence-corrected chi connectivity index (χ3v) is 3.98. The van der Waals surface area contributed by atoms with Crippen LogP contribution in [0.4, 0.5) is 0 Å². The zero-order valence-corrected chi connectivity index (χ0v) is 11.3. The van der Waals surface area contributed by atoms with E-state index < -0.39 is 0 Å². The van der Waals surface area contributed by atoms with Crippen molar-refractivity contribution in [2.45, 2.75) is 24.8 Å². The molecule has 1 aliphatic heterocycles. The summed E-state index contributed by atoms with van der Waals surface area (Å²) in [7, 11) is 2.17. The Balaban J connectivity index is 2.00. The molecule has 0 unspecified atom stereocenters. The van der Waals surface area contributed by atoms with Crippen LogP contribution in [0.15, 0.2) is 28.7 Å². The summed E-state index contributed by atoms with van der Waals surface area (Å²) in [6, 6.07) is 8.51. The molecule has 0 aromatic heterocycles. The highest BCUT2D eigenvalue weighted by atomic mass is 79.9. The van der Waals surface area contributed by atoms with Gasteiger partial charge >= 0.3 is 0 Å². The van der Waals surface area contributed by atoms with Gasteiger partial charge in [0.1, 0.15) is 0 Å². The van der Waals surface area contributed by atoms with E-state index in [4.69, 9.17) is 5.73 Å². The number of nitrogens with two attached hydrogens (primary N) is 1. The zero-order valence-electron chi connectivity index (χ0n) is 9.75. The second kappa shape index (κ2) is 4.86. The van der Waals surface area contributed by atoms with Crippen molar-refractivity contribution in [1.29, 1.82) is 0 Å². The molecule has 88 valence electrons. The molecule has 0 saturated carbocycles. The van der Waals surface area contributed by atoms with Gasteiger partial charge in [0.05, 0.1) is 0 Å². The predicted molar refractivity (Wildman–Crippen MR) is 71.5 cm³/mol. The quantitative estimate of drug-likeness (QED) is 0.903. The maximum atomic E-state index is 6.45. The maximum Gasteiger partial charge on any atom is 0.0219 e. The molecule has 1 fully saturated rings. The zero-order chi connectivity index (χ0) is 11.6. The van der Waals surface area contributed by atoms with E-state index in [1.165, 1.54) is 5.56 Å². The van der Waals surface area contributed by atoms with Crippen LogP contribution in [0.3, 0.4) is 0 Å². The summed E-state index contributed by atoms with van der Waals surface area (Å²) < 4.78 is 1.13. The molecule has 0 radical (unpaired) electrons. The Hall–Kier alpha value is -0.380. The average molecular weight is 283 g/mol. The van der Waals surface area contributed by atoms with Gasteiger partial charge in [0.25, 0.3) is 0 Å². The summed E-state index contributed by atoms with van der Waals surface area (Å²) in [5.41, 5.74) is 7.80. The fourth-order valence-electron chi connectivity index (χ4n) is 2.25. The Bertz CT molecular complexity index is 339. The van der Waals surface area contributed by atoms with E-state index in [1.54, 1.807) is 0 Å². The molecule has 1 saturated heterocycles. The van der Waals surface area contributed by atoms with Crippen LogP contribution in [0, 0.1) is 0 Å². The Kier molecular flexibility index (Phi) is 3.67. The van der Waals surface area contributed by atoms with Crippen molar-refractivity contribution in [2.24, 2.45) is 5.73 Å². The van der Waals surface area contributed by atoms with Gasteiger partial charge in [0.15, 0.2) is 0 Å². The van der Waals surface area contributed by atoms with Gasteiger partial charge < -0.3 is 10.6 Å². The third-order valence-electron chi connectivity index (χ3n) is 3.45. The predicted octanol–water partition coefficient (Wildman–Crippen LogP) is 2.41. The van der Waals surface area contributed by atoms with Crippen LogP contribution in [0.25, 0.3) is 0 Å². The minimum atomic E-state index is 0.000337. The molecule has 16 heavy (non-hydrogen) atoms. The van der Waals surface area contributed by atoms with Crippen LogP contribution in [-0.4, -0.2) is 30.6 Å². The van der Waals surface area contributed by atoms with E-state index in [2.05, 4.69) is 52.1 Å². The molecule has 2 nitrogen and oxygen atoms in total. The molecule has 0 bridgehead atoms. The van der Waals surface area contributed by atoms with Crippen LogP contribution in [0.1, 0.15) is 18.4 Å². The molecular formula is C13H19BrN2. The lowest BCUT2D eigenvalue weighted by molar-refractivity contribution is 0.190. The number of hydrogen-bond donors (Lipinski definition) is 1. The van der Waals surface area contributed by atoms with Crippen molar-refractivity contribution >= 4 is 15.9 Å². The van der Waals surface area contributed by atoms with Crippen LogP contribution in [0.5, 0.6) is 0 Å². The summed E-state index contributed by atoms with van der Waals surface area (Å²) in [4.78, 5) is 2.35. The normalized spacial score (nSPS) is 20.9. The van der Waals surface area contributed by atoms with Gasteiger partial charge in [-0.15, -0.1) is 0 Å². The van der Waals surface area contributed by atoms with E-state index in [1.807, 2.05) is 0 Å². The highest BCUT2D eigenvalue weighted by molar-refractivity contribution is 9.10. The largest absolute Gasteiger partial charge is 0.325 e. The molecule has 2 rings (SSSR count). The fraction of sp³-hybridized carbons (Fsp3) is 0.538. The lowest BCUT2D eigenvalue weighted by Crippen LogP contribution is -2.50. The smallest absolute Gasteiger partial charge is 0.0219 e. The van der Waals surface area contributed by atoms with Crippen LogP contribution < -0.4 is 5.73 Å². The van der Waals surface area contributed by atoms with E-state index in [9.17, 15) is 0 Å². The topological polar surface area (TPSA) is 29.3 Å². The van der Waals surface area contributed by atoms with Gasteiger partial charge in [-0.3, -0.25) is 0 Å². The molecule has 2 N–H and O–H groups in total. The number of nitrogens with zero attached hydrogens (tertiary/aromatic N) is 1. The van der Waals surface area contributed by atoms with E-state index in [0.29, 0.717) is 0 Å². The molecule has 0 aliphatic carbocycles. The first kappa shape index (κ1) is 12.1. The number of hydrogen-bond acceptors (Lipinski definition) is 2. The van der Waals surface area contributed by atoms with Crippen LogP contribution >= 0.6 is 15.9 Å². The van der Waals surface area contributed by atoms with Gasteiger partial charge in [-0.1, -0.05) is 28.1 Å². The summed E-state index contributed by atoms with van der Waals surface area (Å²) >= 11 is 3.45. The summed E-state index contributed by atoms with van der Waals surface area (Å²) in [5, 5.41) is 0. The highest BCUT2D eigenvalue weighted by Crippen LogP contribution is 2.24. The molecule has 1 heterocycles. The molecule has 1 aromatic rings. The van der Waals surface area contributed by atoms with Gasteiger partial charge in [0.2, 0.25) is 0 Å². The first-order chi connectivity index (χ1) is 7.57. The Labute approximate surface area is 106 Å². The lowest BCUT2D eigenvalue weighted by atomic mass is 9.83. The average Bonchev–Trinajstić information content (AvgIpc) is 2.27. The second-order valence-electron chi connectivity index (χ2n) is 4.97. The molecule has 0 amide bonds. The highest BCUT2D eigenvalue weighted by Gasteiger charge is 2.29. The van der Waals surface area contributed by atoms with E-state index >= 15 is 0 Å². The summed E-state index contributed by atoms with van der Waals surface area (Å²) in [6.45, 7) is 2.24. The number of rotatable bonds is 2. The standard InChI is InChI=1S/C13H19BrN2/c1-16-8-6-13(15,7-9-16)10-11-2-4-12(14)5-3-11/h2-5H,6-10,15H2,1H3. The van der Waals surface area contributed by atoms with E-state index in [-0.39, 0.29) is 5.54 Å². The number of piperidine rings is 1. The van der Waals surface area contributed by atoms with Gasteiger partial charge in [-0.05, 0) is 57.1 Å². The van der Waals surface area contributed by atoms with Crippen molar-refractivity contribution in [3.63, 3.8) is 0 Å². The van der Waals surface area contributed by atoms with Gasteiger partial charge in [-0.2, -0.15) is 0 Å². The fourth-order valence-corrected chi connectivity index (χ4v) is 2.51. The van der Waals surface area contributed by atoms with Crippen molar-refractivity contribution in [1.82, 2.24) is 4.90 Å². The van der Waals surface area contributed by atoms with E-state index in [0.717, 1.165) is 36.8 Å². The molecule has 1 aromatic carbocycles. The van der Waals surface area contributed by atoms with Crippen LogP contribution in [0.2, 0.25) is 0 Å². The SMILES string of the molecule is CN1CCC(N)(Cc2ccc(Br)cc2)CC1. The number of halogens is 1. The maximum absolute atomic E-state index is 6.45. The first-order valence-corrected chi connectivity index (χ1v) is 6.59. The van der Waals surface area contributed by atoms with Crippen LogP contribution in [-0.2, 0) is 6.42 Å². The summed E-state index contributed by atoms with van der Waals surface area (Å²) in [5.74, 6) is 0. The van der Waals surface area contributed by atoms with Crippen molar-refractivity contribution < 1.29 is 0 Å². The summed E-state index contributed by atoms with van der Waals surface area (Å²) in [6.07, 6.45) is 3.19. The Morgan fingerprint density at radius 3 is 2.38 bits per heavy atom. The molecule has 1 aliphatic rings. The third kappa shape index (κ3) is 3.06. The number of benzene rings is 1. The Morgan fingerprint density at radius 2 is 1.81 bits per heavy atom. The minimum Gasteiger partial charge on any atom is -0.325 e. The van der Waals surface area contributed by atoms with Crippen molar-refractivity contribution in [3.05, 3.63) is 34.3 Å². The monoisotopic (exact) mass is 282 g/mol. The van der Waals surface area contributed by atoms with Crippen molar-refractivity contribution in [3.8, 4) is 0 Å². The van der Waals surface area contributed by atoms with Gasteiger partial charge in [-0.25, -0.2) is 0 Å².